The van der Waals surface area contributed by atoms with Gasteiger partial charge in [0.05, 0.1) is 0 Å². The molecular weight excluding hydrogens is 375 g/mol. The second-order valence-electron chi connectivity index (χ2n) is 6.78. The molecule has 1 aromatic heterocycles. The summed E-state index contributed by atoms with van der Waals surface area (Å²) in [6.07, 6.45) is 3.33. The van der Waals surface area contributed by atoms with E-state index >= 15 is 0 Å². The van der Waals surface area contributed by atoms with Crippen LogP contribution in [-0.2, 0) is 4.74 Å². The van der Waals surface area contributed by atoms with Crippen molar-refractivity contribution < 1.29 is 9.26 Å². The zero-order chi connectivity index (χ0) is 17.9. The Hall–Kier alpha value is -1.34. The van der Waals surface area contributed by atoms with Crippen molar-refractivity contribution in [2.24, 2.45) is 0 Å². The van der Waals surface area contributed by atoms with Crippen LogP contribution < -0.4 is 4.90 Å². The van der Waals surface area contributed by atoms with E-state index in [0.717, 1.165) is 64.2 Å². The third-order valence-electron chi connectivity index (χ3n) is 5.04. The van der Waals surface area contributed by atoms with E-state index in [-0.39, 0.29) is 0 Å². The average Bonchev–Trinajstić information content (AvgIpc) is 3.00. The third kappa shape index (κ3) is 4.14. The molecule has 26 heavy (non-hydrogen) atoms. The number of ether oxygens (including phenoxy) is 1. The smallest absolute Gasteiger partial charge is 0.324 e. The van der Waals surface area contributed by atoms with Crippen molar-refractivity contribution in [3.63, 3.8) is 0 Å². The van der Waals surface area contributed by atoms with Crippen LogP contribution in [0.15, 0.2) is 22.7 Å². The summed E-state index contributed by atoms with van der Waals surface area (Å²) in [6, 6.07) is 6.46. The summed E-state index contributed by atoms with van der Waals surface area (Å²) in [4.78, 5) is 9.31. The van der Waals surface area contributed by atoms with Gasteiger partial charge in [-0.25, -0.2) is 0 Å². The average molecular weight is 397 g/mol. The molecule has 2 saturated heterocycles. The highest BCUT2D eigenvalue weighted by Crippen LogP contribution is 2.27. The molecule has 6 nitrogen and oxygen atoms in total. The molecule has 0 atom stereocenters. The van der Waals surface area contributed by atoms with Crippen molar-refractivity contribution in [2.45, 2.75) is 25.3 Å². The van der Waals surface area contributed by atoms with Crippen LogP contribution in [0.25, 0.3) is 11.4 Å². The molecule has 1 aromatic carbocycles. The molecular formula is C18H22Cl2N4O2. The lowest BCUT2D eigenvalue weighted by molar-refractivity contribution is 0.0364. The van der Waals surface area contributed by atoms with Crippen molar-refractivity contribution >= 4 is 29.2 Å². The number of halogens is 2. The second kappa shape index (κ2) is 8.13. The molecule has 0 bridgehead atoms. The SMILES string of the molecule is Clc1cc(Cl)cc(-c2noc(N3CCCN(C4CCOCC4)CC3)n2)c1. The summed E-state index contributed by atoms with van der Waals surface area (Å²) < 4.78 is 11.0. The zero-order valence-corrected chi connectivity index (χ0v) is 16.0. The first-order valence-electron chi connectivity index (χ1n) is 9.06. The first kappa shape index (κ1) is 18.0. The molecule has 0 N–H and O–H groups in total. The predicted octanol–water partition coefficient (Wildman–Crippen LogP) is 3.73. The summed E-state index contributed by atoms with van der Waals surface area (Å²) >= 11 is 12.1. The Kier molecular flexibility index (Phi) is 5.64. The molecule has 2 fully saturated rings. The molecule has 0 amide bonds. The molecule has 0 aliphatic carbocycles. The lowest BCUT2D eigenvalue weighted by Gasteiger charge is -2.33. The summed E-state index contributed by atoms with van der Waals surface area (Å²) in [5.74, 6) is 0.509. The molecule has 140 valence electrons. The Labute approximate surface area is 163 Å². The summed E-state index contributed by atoms with van der Waals surface area (Å²) in [5.41, 5.74) is 0.760. The Morgan fingerprint density at radius 2 is 1.73 bits per heavy atom. The van der Waals surface area contributed by atoms with Gasteiger partial charge in [-0.15, -0.1) is 0 Å². The normalized spacial score (nSPS) is 20.3. The minimum atomic E-state index is 0.509. The van der Waals surface area contributed by atoms with E-state index in [2.05, 4.69) is 19.9 Å². The highest BCUT2D eigenvalue weighted by molar-refractivity contribution is 6.35. The van der Waals surface area contributed by atoms with E-state index < -0.39 is 0 Å². The quantitative estimate of drug-likeness (QED) is 0.787. The third-order valence-corrected chi connectivity index (χ3v) is 5.48. The maximum Gasteiger partial charge on any atom is 0.324 e. The van der Waals surface area contributed by atoms with Gasteiger partial charge in [0.15, 0.2) is 0 Å². The van der Waals surface area contributed by atoms with Gasteiger partial charge in [-0.3, -0.25) is 4.90 Å². The number of hydrogen-bond acceptors (Lipinski definition) is 6. The number of anilines is 1. The number of nitrogens with zero attached hydrogens (tertiary/aromatic N) is 4. The van der Waals surface area contributed by atoms with Gasteiger partial charge in [0.2, 0.25) is 5.82 Å². The van der Waals surface area contributed by atoms with Crippen LogP contribution in [0.2, 0.25) is 10.0 Å². The molecule has 4 rings (SSSR count). The predicted molar refractivity (Wildman–Crippen MR) is 102 cm³/mol. The Balaban J connectivity index is 1.44. The van der Waals surface area contributed by atoms with Crippen molar-refractivity contribution in [2.75, 3.05) is 44.3 Å². The maximum absolute atomic E-state index is 6.07. The monoisotopic (exact) mass is 396 g/mol. The summed E-state index contributed by atoms with van der Waals surface area (Å²) in [7, 11) is 0. The van der Waals surface area contributed by atoms with E-state index in [1.54, 1.807) is 18.2 Å². The fourth-order valence-corrected chi connectivity index (χ4v) is 4.21. The highest BCUT2D eigenvalue weighted by atomic mass is 35.5. The van der Waals surface area contributed by atoms with Crippen LogP contribution >= 0.6 is 23.2 Å². The molecule has 3 heterocycles. The minimum Gasteiger partial charge on any atom is -0.381 e. The van der Waals surface area contributed by atoms with Gasteiger partial charge >= 0.3 is 6.01 Å². The van der Waals surface area contributed by atoms with Gasteiger partial charge in [-0.1, -0.05) is 28.4 Å². The molecule has 2 aliphatic heterocycles. The lowest BCUT2D eigenvalue weighted by atomic mass is 10.1. The largest absolute Gasteiger partial charge is 0.381 e. The van der Waals surface area contributed by atoms with Gasteiger partial charge in [0.1, 0.15) is 0 Å². The highest BCUT2D eigenvalue weighted by Gasteiger charge is 2.25. The van der Waals surface area contributed by atoms with Crippen LogP contribution in [0.4, 0.5) is 6.01 Å². The van der Waals surface area contributed by atoms with Crippen molar-refractivity contribution in [3.8, 4) is 11.4 Å². The lowest BCUT2D eigenvalue weighted by Crippen LogP contribution is -2.41. The molecule has 2 aliphatic rings. The fraction of sp³-hybridized carbons (Fsp3) is 0.556. The standard InChI is InChI=1S/C18H22Cl2N4O2/c19-14-10-13(11-15(20)12-14)17-21-18(26-22-17)24-5-1-4-23(6-7-24)16-2-8-25-9-3-16/h10-12,16H,1-9H2. The van der Waals surface area contributed by atoms with Crippen LogP contribution in [0, 0.1) is 0 Å². The minimum absolute atomic E-state index is 0.509. The van der Waals surface area contributed by atoms with E-state index in [0.29, 0.717) is 27.9 Å². The van der Waals surface area contributed by atoms with Crippen molar-refractivity contribution in [1.82, 2.24) is 15.0 Å². The van der Waals surface area contributed by atoms with Crippen LogP contribution in [0.1, 0.15) is 19.3 Å². The van der Waals surface area contributed by atoms with E-state index in [4.69, 9.17) is 32.5 Å². The molecule has 2 aromatic rings. The Morgan fingerprint density at radius 1 is 0.962 bits per heavy atom. The number of benzene rings is 1. The maximum atomic E-state index is 6.07. The molecule has 0 radical (unpaired) electrons. The summed E-state index contributed by atoms with van der Waals surface area (Å²) in [5, 5.41) is 5.22. The molecule has 0 saturated carbocycles. The Morgan fingerprint density at radius 3 is 2.50 bits per heavy atom. The van der Waals surface area contributed by atoms with E-state index in [9.17, 15) is 0 Å². The zero-order valence-electron chi connectivity index (χ0n) is 14.5. The first-order chi connectivity index (χ1) is 12.7. The second-order valence-corrected chi connectivity index (χ2v) is 7.65. The summed E-state index contributed by atoms with van der Waals surface area (Å²) in [6.45, 7) is 5.66. The van der Waals surface area contributed by atoms with Gasteiger partial charge in [-0.2, -0.15) is 4.98 Å². The van der Waals surface area contributed by atoms with Gasteiger partial charge in [-0.05, 0) is 37.5 Å². The Bertz CT molecular complexity index is 728. The van der Waals surface area contributed by atoms with Crippen LogP contribution in [-0.4, -0.2) is 60.5 Å². The fourth-order valence-electron chi connectivity index (χ4n) is 3.69. The molecule has 0 unspecified atom stereocenters. The number of rotatable bonds is 3. The van der Waals surface area contributed by atoms with Crippen molar-refractivity contribution in [1.29, 1.82) is 0 Å². The number of hydrogen-bond donors (Lipinski definition) is 0. The topological polar surface area (TPSA) is 54.6 Å². The van der Waals surface area contributed by atoms with Gasteiger partial charge in [0, 0.05) is 61.0 Å². The van der Waals surface area contributed by atoms with Crippen molar-refractivity contribution in [3.05, 3.63) is 28.2 Å². The number of aromatic nitrogens is 2. The first-order valence-corrected chi connectivity index (χ1v) is 9.81. The van der Waals surface area contributed by atoms with Gasteiger partial charge in [0.25, 0.3) is 0 Å². The van der Waals surface area contributed by atoms with Crippen LogP contribution in [0.3, 0.4) is 0 Å². The molecule has 8 heteroatoms. The van der Waals surface area contributed by atoms with Crippen LogP contribution in [0.5, 0.6) is 0 Å². The van der Waals surface area contributed by atoms with Gasteiger partial charge < -0.3 is 14.2 Å². The molecule has 0 spiro atoms. The van der Waals surface area contributed by atoms with E-state index in [1.807, 2.05) is 0 Å². The van der Waals surface area contributed by atoms with E-state index in [1.165, 1.54) is 0 Å².